The molecule has 6 nitrogen and oxygen atoms in total. The molecule has 0 aliphatic heterocycles. The van der Waals surface area contributed by atoms with Gasteiger partial charge in [0.15, 0.2) is 5.82 Å². The minimum absolute atomic E-state index is 0.107. The van der Waals surface area contributed by atoms with Crippen molar-refractivity contribution in [3.05, 3.63) is 94.3 Å². The highest BCUT2D eigenvalue weighted by atomic mass is 15.5. The van der Waals surface area contributed by atoms with E-state index in [1.165, 1.54) is 27.8 Å². The van der Waals surface area contributed by atoms with Crippen LogP contribution in [0.4, 0.5) is 0 Å². The molecule has 2 unspecified atom stereocenters. The highest BCUT2D eigenvalue weighted by Crippen LogP contribution is 2.31. The van der Waals surface area contributed by atoms with Crippen molar-refractivity contribution in [1.82, 2.24) is 30.6 Å². The third kappa shape index (κ3) is 3.58. The van der Waals surface area contributed by atoms with Crippen LogP contribution in [0, 0.1) is 13.8 Å². The predicted molar refractivity (Wildman–Crippen MR) is 108 cm³/mol. The molecule has 6 heteroatoms. The maximum atomic E-state index is 4.25. The number of H-pyrrole nitrogens is 2. The van der Waals surface area contributed by atoms with E-state index in [1.807, 2.05) is 6.20 Å². The summed E-state index contributed by atoms with van der Waals surface area (Å²) in [5, 5.41) is 14.4. The van der Waals surface area contributed by atoms with Crippen molar-refractivity contribution < 1.29 is 0 Å². The quantitative estimate of drug-likeness (QED) is 0.534. The Morgan fingerprint density at radius 3 is 2.54 bits per heavy atom. The molecule has 142 valence electrons. The summed E-state index contributed by atoms with van der Waals surface area (Å²) in [4.78, 5) is 7.56. The summed E-state index contributed by atoms with van der Waals surface area (Å²) in [5.74, 6) is 1.05. The van der Waals surface area contributed by atoms with Crippen molar-refractivity contribution >= 4 is 0 Å². The number of hydrogen-bond donors (Lipinski definition) is 2. The van der Waals surface area contributed by atoms with Crippen molar-refractivity contribution in [1.29, 1.82) is 0 Å². The molecule has 28 heavy (non-hydrogen) atoms. The number of nitrogens with zero attached hydrogens (tertiary/aromatic N) is 4. The van der Waals surface area contributed by atoms with Gasteiger partial charge in [-0.2, -0.15) is 5.21 Å². The van der Waals surface area contributed by atoms with Gasteiger partial charge >= 0.3 is 0 Å². The number of nitrogens with one attached hydrogen (secondary N) is 2. The highest BCUT2D eigenvalue weighted by Gasteiger charge is 2.19. The average Bonchev–Trinajstić information content (AvgIpc) is 3.43. The first-order chi connectivity index (χ1) is 13.6. The molecule has 2 heterocycles. The fraction of sp³-hybridized carbons (Fsp3) is 0.273. The Morgan fingerprint density at radius 2 is 1.86 bits per heavy atom. The van der Waals surface area contributed by atoms with Crippen LogP contribution < -0.4 is 0 Å². The van der Waals surface area contributed by atoms with Gasteiger partial charge in [-0.3, -0.25) is 0 Å². The number of hydrogen-bond acceptors (Lipinski definition) is 4. The van der Waals surface area contributed by atoms with Gasteiger partial charge in [-0.05, 0) is 48.1 Å². The molecule has 0 aliphatic rings. The topological polar surface area (TPSA) is 83.1 Å². The Hall–Kier alpha value is -3.28. The zero-order chi connectivity index (χ0) is 19.5. The first-order valence-corrected chi connectivity index (χ1v) is 9.50. The lowest BCUT2D eigenvalue weighted by molar-refractivity contribution is 0.770. The van der Waals surface area contributed by atoms with Crippen LogP contribution in [-0.2, 0) is 6.42 Å². The second kappa shape index (κ2) is 7.76. The van der Waals surface area contributed by atoms with Gasteiger partial charge in [0.05, 0.1) is 6.33 Å². The van der Waals surface area contributed by atoms with E-state index >= 15 is 0 Å². The summed E-state index contributed by atoms with van der Waals surface area (Å²) in [6.45, 7) is 6.45. The Bertz CT molecular complexity index is 1020. The molecule has 0 spiro atoms. The molecular formula is C22H24N6. The maximum absolute atomic E-state index is 4.25. The van der Waals surface area contributed by atoms with E-state index in [4.69, 9.17) is 0 Å². The van der Waals surface area contributed by atoms with Crippen LogP contribution in [0.1, 0.15) is 58.1 Å². The van der Waals surface area contributed by atoms with E-state index < -0.39 is 0 Å². The Labute approximate surface area is 164 Å². The lowest BCUT2D eigenvalue weighted by Gasteiger charge is -2.20. The molecule has 4 rings (SSSR count). The van der Waals surface area contributed by atoms with Gasteiger partial charge in [-0.25, -0.2) is 4.98 Å². The fourth-order valence-electron chi connectivity index (χ4n) is 3.68. The summed E-state index contributed by atoms with van der Waals surface area (Å²) < 4.78 is 0. The average molecular weight is 372 g/mol. The molecule has 4 aromatic rings. The van der Waals surface area contributed by atoms with Gasteiger partial charge in [0.2, 0.25) is 0 Å². The first kappa shape index (κ1) is 18.1. The van der Waals surface area contributed by atoms with Crippen LogP contribution >= 0.6 is 0 Å². The monoisotopic (exact) mass is 372 g/mol. The zero-order valence-corrected chi connectivity index (χ0v) is 16.3. The Balaban J connectivity index is 1.62. The van der Waals surface area contributed by atoms with E-state index in [0.29, 0.717) is 5.82 Å². The predicted octanol–water partition coefficient (Wildman–Crippen LogP) is 4.07. The van der Waals surface area contributed by atoms with Gasteiger partial charge in [0, 0.05) is 23.7 Å². The van der Waals surface area contributed by atoms with Crippen LogP contribution in [0.15, 0.2) is 55.0 Å². The van der Waals surface area contributed by atoms with Gasteiger partial charge in [0.25, 0.3) is 0 Å². The molecule has 2 N–H and O–H groups in total. The van der Waals surface area contributed by atoms with Crippen molar-refractivity contribution in [2.45, 2.75) is 39.0 Å². The molecule has 0 saturated carbocycles. The molecule has 0 aliphatic carbocycles. The van der Waals surface area contributed by atoms with Crippen LogP contribution in [-0.4, -0.2) is 30.6 Å². The minimum Gasteiger partial charge on any atom is -0.348 e. The maximum Gasteiger partial charge on any atom is 0.181 e. The number of aromatic nitrogens is 6. The van der Waals surface area contributed by atoms with E-state index in [1.54, 1.807) is 6.33 Å². The lowest BCUT2D eigenvalue weighted by Crippen LogP contribution is -2.08. The lowest BCUT2D eigenvalue weighted by atomic mass is 9.85. The largest absolute Gasteiger partial charge is 0.348 e. The Kier molecular flexibility index (Phi) is 5.02. The van der Waals surface area contributed by atoms with Crippen molar-refractivity contribution in [3.8, 4) is 0 Å². The molecule has 0 radical (unpaired) electrons. The van der Waals surface area contributed by atoms with Crippen LogP contribution in [0.25, 0.3) is 0 Å². The van der Waals surface area contributed by atoms with Crippen molar-refractivity contribution in [3.63, 3.8) is 0 Å². The highest BCUT2D eigenvalue weighted by molar-refractivity contribution is 5.41. The van der Waals surface area contributed by atoms with Crippen LogP contribution in [0.5, 0.6) is 0 Å². The number of tetrazole rings is 1. The summed E-state index contributed by atoms with van der Waals surface area (Å²) in [7, 11) is 0. The van der Waals surface area contributed by atoms with Gasteiger partial charge in [0.1, 0.15) is 0 Å². The molecule has 0 saturated heterocycles. The molecule has 0 fully saturated rings. The fourth-order valence-corrected chi connectivity index (χ4v) is 3.68. The second-order valence-corrected chi connectivity index (χ2v) is 7.29. The standard InChI is InChI=1S/C22H24N6/c1-14-5-4-6-19(15(14)2)20(21-12-23-13-24-21)11-17-7-9-18(10-8-17)16(3)22-25-27-28-26-22/h4-10,12-13,16,20H,11H2,1-3H3,(H,23,24)(H,25,26,27,28). The zero-order valence-electron chi connectivity index (χ0n) is 16.3. The smallest absolute Gasteiger partial charge is 0.181 e. The van der Waals surface area contributed by atoms with Gasteiger partial charge in [-0.1, -0.05) is 54.6 Å². The van der Waals surface area contributed by atoms with Gasteiger partial charge in [-0.15, -0.1) is 10.2 Å². The number of imidazole rings is 1. The number of rotatable bonds is 6. The van der Waals surface area contributed by atoms with Crippen molar-refractivity contribution in [2.24, 2.45) is 0 Å². The summed E-state index contributed by atoms with van der Waals surface area (Å²) >= 11 is 0. The van der Waals surface area contributed by atoms with Crippen LogP contribution in [0.2, 0.25) is 0 Å². The first-order valence-electron chi connectivity index (χ1n) is 9.50. The van der Waals surface area contributed by atoms with E-state index in [-0.39, 0.29) is 11.8 Å². The summed E-state index contributed by atoms with van der Waals surface area (Å²) in [5.41, 5.74) is 7.58. The number of aromatic amines is 2. The van der Waals surface area contributed by atoms with E-state index in [0.717, 1.165) is 12.1 Å². The molecule has 2 aromatic carbocycles. The SMILES string of the molecule is Cc1cccc(C(Cc2ccc(C(C)c3nn[nH]n3)cc2)c2cnc[nH]2)c1C. The molecule has 2 atom stereocenters. The minimum atomic E-state index is 0.107. The second-order valence-electron chi connectivity index (χ2n) is 7.29. The molecular weight excluding hydrogens is 348 g/mol. The third-order valence-electron chi connectivity index (χ3n) is 5.59. The number of benzene rings is 2. The normalized spacial score (nSPS) is 13.4. The summed E-state index contributed by atoms with van der Waals surface area (Å²) in [6.07, 6.45) is 4.59. The Morgan fingerprint density at radius 1 is 1.04 bits per heavy atom. The summed E-state index contributed by atoms with van der Waals surface area (Å²) in [6, 6.07) is 15.2. The number of aryl methyl sites for hydroxylation is 1. The molecule has 0 amide bonds. The molecule has 2 aromatic heterocycles. The van der Waals surface area contributed by atoms with Gasteiger partial charge < -0.3 is 4.98 Å². The van der Waals surface area contributed by atoms with Crippen LogP contribution in [0.3, 0.4) is 0 Å². The van der Waals surface area contributed by atoms with E-state index in [9.17, 15) is 0 Å². The van der Waals surface area contributed by atoms with E-state index in [2.05, 4.69) is 93.8 Å². The van der Waals surface area contributed by atoms with Crippen molar-refractivity contribution in [2.75, 3.05) is 0 Å². The molecule has 0 bridgehead atoms. The third-order valence-corrected chi connectivity index (χ3v) is 5.59.